The molecular weight excluding hydrogens is 326 g/mol. The molecule has 5 nitrogen and oxygen atoms in total. The van der Waals surface area contributed by atoms with Gasteiger partial charge in [-0.3, -0.25) is 4.79 Å². The molecule has 6 heteroatoms. The molecule has 0 aromatic rings. The normalized spacial score (nSPS) is 38.9. The number of carbonyl (C=O) groups excluding carboxylic acids is 1. The van der Waals surface area contributed by atoms with E-state index in [9.17, 15) is 18.3 Å². The maximum absolute atomic E-state index is 13.0. The first-order chi connectivity index (χ1) is 11.0. The molecule has 0 unspecified atom stereocenters. The molecule has 2 bridgehead atoms. The molecule has 3 fully saturated rings. The van der Waals surface area contributed by atoms with E-state index in [0.717, 1.165) is 23.6 Å². The number of hydrogen-bond donors (Lipinski definition) is 1. The van der Waals surface area contributed by atoms with Gasteiger partial charge in [0.2, 0.25) is 15.9 Å². The summed E-state index contributed by atoms with van der Waals surface area (Å²) in [5.74, 6) is -0.654. The minimum atomic E-state index is -3.62. The zero-order valence-electron chi connectivity index (χ0n) is 15.2. The Bertz CT molecular complexity index is 696. The molecule has 1 heterocycles. The summed E-state index contributed by atoms with van der Waals surface area (Å²) in [5.41, 5.74) is 0.322. The van der Waals surface area contributed by atoms with Crippen LogP contribution in [0.3, 0.4) is 0 Å². The molecule has 1 amide bonds. The van der Waals surface area contributed by atoms with Gasteiger partial charge in [0.15, 0.2) is 0 Å². The van der Waals surface area contributed by atoms with E-state index in [-0.39, 0.29) is 22.6 Å². The van der Waals surface area contributed by atoms with Crippen molar-refractivity contribution in [3.8, 4) is 0 Å². The molecule has 136 valence electrons. The molecule has 1 N–H and O–H groups in total. The molecule has 3 rings (SSSR count). The number of allylic oxidation sites excluding steroid dienone is 1. The Hall–Kier alpha value is -0.880. The van der Waals surface area contributed by atoms with Crippen LogP contribution in [-0.4, -0.2) is 41.6 Å². The van der Waals surface area contributed by atoms with E-state index in [1.54, 1.807) is 26.8 Å². The number of amides is 1. The number of hydrogen-bond acceptors (Lipinski definition) is 4. The number of rotatable bonds is 3. The van der Waals surface area contributed by atoms with Crippen LogP contribution in [0.25, 0.3) is 0 Å². The quantitative estimate of drug-likeness (QED) is 0.789. The van der Waals surface area contributed by atoms with Crippen LogP contribution >= 0.6 is 0 Å². The predicted octanol–water partition coefficient (Wildman–Crippen LogP) is 2.32. The molecule has 1 saturated heterocycles. The fourth-order valence-corrected chi connectivity index (χ4v) is 8.09. The maximum atomic E-state index is 13.0. The largest absolute Gasteiger partial charge is 0.388 e. The van der Waals surface area contributed by atoms with Gasteiger partial charge in [-0.25, -0.2) is 12.7 Å². The second-order valence-corrected chi connectivity index (χ2v) is 10.4. The summed E-state index contributed by atoms with van der Waals surface area (Å²) in [7, 11) is -3.62. The second kappa shape index (κ2) is 5.31. The van der Waals surface area contributed by atoms with E-state index in [0.29, 0.717) is 11.5 Å². The minimum Gasteiger partial charge on any atom is -0.388 e. The van der Waals surface area contributed by atoms with E-state index in [4.69, 9.17) is 0 Å². The Balaban J connectivity index is 1.96. The average molecular weight is 356 g/mol. The number of nitrogens with zero attached hydrogens (tertiary/aromatic N) is 1. The Morgan fingerprint density at radius 1 is 1.38 bits per heavy atom. The third kappa shape index (κ3) is 2.08. The fraction of sp³-hybridized carbons (Fsp3) is 0.833. The first-order valence-electron chi connectivity index (χ1n) is 8.86. The number of aliphatic hydroxyl groups excluding tert-OH is 1. The number of aliphatic hydroxyl groups is 1. The molecule has 24 heavy (non-hydrogen) atoms. The monoisotopic (exact) mass is 355 g/mol. The van der Waals surface area contributed by atoms with E-state index in [1.165, 1.54) is 0 Å². The van der Waals surface area contributed by atoms with Crippen molar-refractivity contribution in [2.45, 2.75) is 66.0 Å². The van der Waals surface area contributed by atoms with Gasteiger partial charge in [0.05, 0.1) is 23.8 Å². The molecular formula is C18H29NO4S. The van der Waals surface area contributed by atoms with Crippen LogP contribution in [0.1, 0.15) is 53.9 Å². The highest BCUT2D eigenvalue weighted by Crippen LogP contribution is 2.70. The van der Waals surface area contributed by atoms with Crippen molar-refractivity contribution < 1.29 is 18.3 Å². The highest BCUT2D eigenvalue weighted by atomic mass is 32.2. The lowest BCUT2D eigenvalue weighted by Crippen LogP contribution is -2.47. The van der Waals surface area contributed by atoms with Gasteiger partial charge in [0, 0.05) is 5.41 Å². The third-order valence-corrected chi connectivity index (χ3v) is 9.33. The van der Waals surface area contributed by atoms with Crippen LogP contribution in [0.5, 0.6) is 0 Å². The Morgan fingerprint density at radius 3 is 2.54 bits per heavy atom. The van der Waals surface area contributed by atoms with Crippen molar-refractivity contribution in [1.29, 1.82) is 0 Å². The molecule has 2 aliphatic carbocycles. The topological polar surface area (TPSA) is 74.7 Å². The number of carbonyl (C=O) groups is 1. The van der Waals surface area contributed by atoms with E-state index >= 15 is 0 Å². The molecule has 2 saturated carbocycles. The van der Waals surface area contributed by atoms with Crippen molar-refractivity contribution >= 4 is 15.9 Å². The van der Waals surface area contributed by atoms with Crippen LogP contribution < -0.4 is 0 Å². The third-order valence-electron chi connectivity index (χ3n) is 7.41. The smallest absolute Gasteiger partial charge is 0.242 e. The summed E-state index contributed by atoms with van der Waals surface area (Å²) in [5, 5.41) is 10.3. The SMILES string of the molecule is C/C=C(\C)[C@H](O)[C@H](C)C(=O)N1[C@@H]2C[C@H]3CC[C@]2(CS1(=O)=O)C3(C)C. The molecule has 1 aliphatic heterocycles. The average Bonchev–Trinajstić information content (AvgIpc) is 2.99. The van der Waals surface area contributed by atoms with Gasteiger partial charge >= 0.3 is 0 Å². The van der Waals surface area contributed by atoms with Crippen LogP contribution in [0, 0.1) is 22.7 Å². The zero-order chi connectivity index (χ0) is 18.1. The van der Waals surface area contributed by atoms with E-state index < -0.39 is 28.0 Å². The Kier molecular flexibility index (Phi) is 3.96. The van der Waals surface area contributed by atoms with E-state index in [2.05, 4.69) is 13.8 Å². The van der Waals surface area contributed by atoms with Crippen molar-refractivity contribution in [2.24, 2.45) is 22.7 Å². The summed E-state index contributed by atoms with van der Waals surface area (Å²) >= 11 is 0. The molecule has 0 radical (unpaired) electrons. The summed E-state index contributed by atoms with van der Waals surface area (Å²) in [6, 6.07) is -0.232. The molecule has 0 aromatic heterocycles. The minimum absolute atomic E-state index is 0.0547. The lowest BCUT2D eigenvalue weighted by molar-refractivity contribution is -0.135. The summed E-state index contributed by atoms with van der Waals surface area (Å²) in [4.78, 5) is 13.0. The van der Waals surface area contributed by atoms with Gasteiger partial charge in [0.1, 0.15) is 0 Å². The van der Waals surface area contributed by atoms with Gasteiger partial charge in [-0.15, -0.1) is 0 Å². The van der Waals surface area contributed by atoms with Crippen LogP contribution in [-0.2, 0) is 14.8 Å². The zero-order valence-corrected chi connectivity index (χ0v) is 16.1. The molecule has 5 atom stereocenters. The van der Waals surface area contributed by atoms with Crippen molar-refractivity contribution in [3.63, 3.8) is 0 Å². The standard InChI is InChI=1S/C18H29NO4S/c1-6-11(2)15(20)12(3)16(21)19-14-9-13-7-8-18(14,17(13,4)5)10-24(19,22)23/h6,12-15,20H,7-10H2,1-5H3/b11-6+/t12-,13+,14+,15-,18+/m0/s1. The van der Waals surface area contributed by atoms with Gasteiger partial charge in [-0.1, -0.05) is 26.8 Å². The molecule has 1 spiro atoms. The second-order valence-electron chi connectivity index (χ2n) is 8.52. The van der Waals surface area contributed by atoms with Gasteiger partial charge in [-0.2, -0.15) is 0 Å². The van der Waals surface area contributed by atoms with E-state index in [1.807, 2.05) is 0 Å². The van der Waals surface area contributed by atoms with Gasteiger partial charge in [0.25, 0.3) is 0 Å². The highest BCUT2D eigenvalue weighted by Gasteiger charge is 2.72. The highest BCUT2D eigenvalue weighted by molar-refractivity contribution is 7.90. The van der Waals surface area contributed by atoms with Gasteiger partial charge in [-0.05, 0) is 50.0 Å². The Labute approximate surface area is 145 Å². The molecule has 0 aromatic carbocycles. The molecule has 3 aliphatic rings. The fourth-order valence-electron chi connectivity index (χ4n) is 5.48. The van der Waals surface area contributed by atoms with Gasteiger partial charge < -0.3 is 5.11 Å². The van der Waals surface area contributed by atoms with Crippen LogP contribution in [0.4, 0.5) is 0 Å². The summed E-state index contributed by atoms with van der Waals surface area (Å²) < 4.78 is 26.9. The number of fused-ring (bicyclic) bond motifs is 1. The Morgan fingerprint density at radius 2 is 2.00 bits per heavy atom. The maximum Gasteiger partial charge on any atom is 0.242 e. The van der Waals surface area contributed by atoms with Crippen molar-refractivity contribution in [1.82, 2.24) is 4.31 Å². The summed E-state index contributed by atoms with van der Waals surface area (Å²) in [6.07, 6.45) is 3.51. The van der Waals surface area contributed by atoms with Crippen molar-refractivity contribution in [3.05, 3.63) is 11.6 Å². The van der Waals surface area contributed by atoms with Crippen LogP contribution in [0.2, 0.25) is 0 Å². The van der Waals surface area contributed by atoms with Crippen LogP contribution in [0.15, 0.2) is 11.6 Å². The lowest BCUT2D eigenvalue weighted by atomic mass is 9.69. The van der Waals surface area contributed by atoms with Crippen molar-refractivity contribution in [2.75, 3.05) is 5.75 Å². The first kappa shape index (κ1) is 17.9. The summed E-state index contributed by atoms with van der Waals surface area (Å²) in [6.45, 7) is 9.51. The first-order valence-corrected chi connectivity index (χ1v) is 10.5. The predicted molar refractivity (Wildman–Crippen MR) is 92.6 cm³/mol. The number of sulfonamides is 1. The lowest BCUT2D eigenvalue weighted by Gasteiger charge is -2.37.